The number of para-hydroxylation sites is 1. The molecule has 0 spiro atoms. The van der Waals surface area contributed by atoms with Crippen LogP contribution in [-0.2, 0) is 4.79 Å². The van der Waals surface area contributed by atoms with Crippen molar-refractivity contribution in [2.45, 2.75) is 6.18 Å². The number of fused-ring (bicyclic) bond motifs is 1. The molecule has 0 atom stereocenters. The third-order valence-corrected chi connectivity index (χ3v) is 4.77. The zero-order valence-corrected chi connectivity index (χ0v) is 16.7. The number of nitrogens with zero attached hydrogens (tertiary/aromatic N) is 2. The number of methoxy groups -OCH3 is 1. The minimum atomic E-state index is -5.09. The van der Waals surface area contributed by atoms with Crippen LogP contribution in [0.3, 0.4) is 0 Å². The number of nitrogens with one attached hydrogen (secondary N) is 1. The first-order valence-corrected chi connectivity index (χ1v) is 9.43. The Balaban J connectivity index is 1.92. The molecular formula is C23H16F3N3O3. The minimum absolute atomic E-state index is 0.151. The van der Waals surface area contributed by atoms with Crippen molar-refractivity contribution < 1.29 is 27.5 Å². The van der Waals surface area contributed by atoms with Crippen LogP contribution in [0.4, 0.5) is 19.0 Å². The van der Waals surface area contributed by atoms with Crippen LogP contribution < -0.4 is 10.1 Å². The van der Waals surface area contributed by atoms with E-state index in [-0.39, 0.29) is 22.9 Å². The SMILES string of the molecule is COc1ccccc1-c1c(NC(=O)C(F)(F)F)nc2ccc(C(=O)c3ccccc3)cn12. The average molecular weight is 439 g/mol. The normalized spacial score (nSPS) is 11.4. The summed E-state index contributed by atoms with van der Waals surface area (Å²) in [6, 6.07) is 18.2. The summed E-state index contributed by atoms with van der Waals surface area (Å²) in [5.41, 5.74) is 1.54. The maximum Gasteiger partial charge on any atom is 0.471 e. The summed E-state index contributed by atoms with van der Waals surface area (Å²) in [6.45, 7) is 0. The third-order valence-electron chi connectivity index (χ3n) is 4.77. The number of aromatic nitrogens is 2. The predicted molar refractivity (Wildman–Crippen MR) is 112 cm³/mol. The van der Waals surface area contributed by atoms with Crippen molar-refractivity contribution in [3.63, 3.8) is 0 Å². The molecule has 162 valence electrons. The van der Waals surface area contributed by atoms with Crippen LogP contribution in [0.2, 0.25) is 0 Å². The van der Waals surface area contributed by atoms with Crippen LogP contribution >= 0.6 is 0 Å². The van der Waals surface area contributed by atoms with Gasteiger partial charge in [0.1, 0.15) is 17.1 Å². The van der Waals surface area contributed by atoms with Crippen LogP contribution in [0.15, 0.2) is 72.9 Å². The Kier molecular flexibility index (Phi) is 5.40. The topological polar surface area (TPSA) is 72.7 Å². The van der Waals surface area contributed by atoms with Gasteiger partial charge in [-0.05, 0) is 24.3 Å². The van der Waals surface area contributed by atoms with Gasteiger partial charge in [0.15, 0.2) is 11.6 Å². The molecule has 2 heterocycles. The monoisotopic (exact) mass is 439 g/mol. The highest BCUT2D eigenvalue weighted by Gasteiger charge is 2.39. The van der Waals surface area contributed by atoms with Gasteiger partial charge in [0.25, 0.3) is 0 Å². The fraction of sp³-hybridized carbons (Fsp3) is 0.0870. The summed E-state index contributed by atoms with van der Waals surface area (Å²) >= 11 is 0. The van der Waals surface area contributed by atoms with Crippen molar-refractivity contribution in [2.75, 3.05) is 12.4 Å². The lowest BCUT2D eigenvalue weighted by atomic mass is 10.1. The highest BCUT2D eigenvalue weighted by atomic mass is 19.4. The Hall–Kier alpha value is -4.14. The van der Waals surface area contributed by atoms with Gasteiger partial charge in [0.2, 0.25) is 0 Å². The van der Waals surface area contributed by atoms with E-state index in [0.29, 0.717) is 22.4 Å². The molecule has 0 bridgehead atoms. The molecule has 0 fully saturated rings. The van der Waals surface area contributed by atoms with E-state index in [0.717, 1.165) is 0 Å². The second-order valence-electron chi connectivity index (χ2n) is 6.80. The molecule has 2 aromatic carbocycles. The smallest absolute Gasteiger partial charge is 0.471 e. The molecule has 1 amide bonds. The molecule has 6 nitrogen and oxygen atoms in total. The zero-order valence-electron chi connectivity index (χ0n) is 16.7. The Morgan fingerprint density at radius 2 is 1.62 bits per heavy atom. The fourth-order valence-electron chi connectivity index (χ4n) is 3.30. The van der Waals surface area contributed by atoms with Gasteiger partial charge in [-0.15, -0.1) is 0 Å². The van der Waals surface area contributed by atoms with Gasteiger partial charge in [0.05, 0.1) is 7.11 Å². The number of hydrogen-bond acceptors (Lipinski definition) is 4. The number of halogens is 3. The van der Waals surface area contributed by atoms with Gasteiger partial charge in [0, 0.05) is 22.9 Å². The van der Waals surface area contributed by atoms with Crippen molar-refractivity contribution in [1.29, 1.82) is 0 Å². The molecule has 2 aromatic heterocycles. The molecule has 32 heavy (non-hydrogen) atoms. The van der Waals surface area contributed by atoms with E-state index in [2.05, 4.69) is 4.98 Å². The Morgan fingerprint density at radius 3 is 2.31 bits per heavy atom. The quantitative estimate of drug-likeness (QED) is 0.456. The average Bonchev–Trinajstić information content (AvgIpc) is 3.15. The predicted octanol–water partition coefficient (Wildman–Crippen LogP) is 4.74. The highest BCUT2D eigenvalue weighted by Crippen LogP contribution is 2.36. The summed E-state index contributed by atoms with van der Waals surface area (Å²) in [5, 5.41) is 1.83. The van der Waals surface area contributed by atoms with Gasteiger partial charge < -0.3 is 10.1 Å². The van der Waals surface area contributed by atoms with E-state index in [1.165, 1.54) is 29.8 Å². The molecule has 0 aliphatic heterocycles. The van der Waals surface area contributed by atoms with Gasteiger partial charge in [-0.1, -0.05) is 42.5 Å². The number of carbonyl (C=O) groups is 2. The first-order chi connectivity index (χ1) is 15.3. The first kappa shape index (κ1) is 21.1. The number of ether oxygens (including phenoxy) is 1. The Bertz CT molecular complexity index is 1310. The van der Waals surface area contributed by atoms with Crippen LogP contribution in [-0.4, -0.2) is 34.4 Å². The molecule has 0 unspecified atom stereocenters. The first-order valence-electron chi connectivity index (χ1n) is 9.43. The molecule has 0 saturated heterocycles. The van der Waals surface area contributed by atoms with Crippen molar-refractivity contribution in [3.8, 4) is 17.0 Å². The molecule has 0 radical (unpaired) electrons. The van der Waals surface area contributed by atoms with Crippen molar-refractivity contribution >= 4 is 23.2 Å². The van der Waals surface area contributed by atoms with E-state index in [9.17, 15) is 22.8 Å². The minimum Gasteiger partial charge on any atom is -0.496 e. The number of carbonyl (C=O) groups excluding carboxylic acids is 2. The molecule has 0 saturated carbocycles. The van der Waals surface area contributed by atoms with Crippen LogP contribution in [0.25, 0.3) is 16.9 Å². The van der Waals surface area contributed by atoms with Gasteiger partial charge in [-0.25, -0.2) is 4.98 Å². The third kappa shape index (κ3) is 3.92. The van der Waals surface area contributed by atoms with Crippen molar-refractivity contribution in [3.05, 3.63) is 84.1 Å². The number of benzene rings is 2. The van der Waals surface area contributed by atoms with Gasteiger partial charge in [-0.3, -0.25) is 14.0 Å². The summed E-state index contributed by atoms with van der Waals surface area (Å²) in [6.07, 6.45) is -3.62. The van der Waals surface area contributed by atoms with Gasteiger partial charge >= 0.3 is 12.1 Å². The molecule has 4 aromatic rings. The van der Waals surface area contributed by atoms with Crippen LogP contribution in [0.1, 0.15) is 15.9 Å². The molecule has 1 N–H and O–H groups in total. The summed E-state index contributed by atoms with van der Waals surface area (Å²) < 4.78 is 45.5. The number of anilines is 1. The molecule has 4 rings (SSSR count). The number of ketones is 1. The van der Waals surface area contributed by atoms with Gasteiger partial charge in [-0.2, -0.15) is 13.2 Å². The molecule has 9 heteroatoms. The highest BCUT2D eigenvalue weighted by molar-refractivity contribution is 6.09. The number of alkyl halides is 3. The standard InChI is InChI=1S/C23H16F3N3O3/c1-32-17-10-6-5-9-16(17)19-21(28-22(31)23(24,25)26)27-18-12-11-15(13-29(18)19)20(30)14-7-3-2-4-8-14/h2-13H,1H3,(H,28,31). The zero-order chi connectivity index (χ0) is 22.9. The molecule has 0 aliphatic carbocycles. The van der Waals surface area contributed by atoms with E-state index in [4.69, 9.17) is 4.74 Å². The Labute approximate surface area is 180 Å². The van der Waals surface area contributed by atoms with E-state index in [1.54, 1.807) is 54.6 Å². The van der Waals surface area contributed by atoms with Crippen LogP contribution in [0, 0.1) is 0 Å². The van der Waals surface area contributed by atoms with Crippen LogP contribution in [0.5, 0.6) is 5.75 Å². The largest absolute Gasteiger partial charge is 0.496 e. The lowest BCUT2D eigenvalue weighted by molar-refractivity contribution is -0.167. The second kappa shape index (κ2) is 8.18. The molecular weight excluding hydrogens is 423 g/mol. The summed E-state index contributed by atoms with van der Waals surface area (Å²) in [7, 11) is 1.42. The maximum atomic E-state index is 12.9. The summed E-state index contributed by atoms with van der Waals surface area (Å²) in [4.78, 5) is 28.7. The number of imidazole rings is 1. The van der Waals surface area contributed by atoms with E-state index in [1.807, 2.05) is 5.32 Å². The molecule has 0 aliphatic rings. The van der Waals surface area contributed by atoms with E-state index >= 15 is 0 Å². The van der Waals surface area contributed by atoms with E-state index < -0.39 is 12.1 Å². The maximum absolute atomic E-state index is 12.9. The number of hydrogen-bond donors (Lipinski definition) is 1. The lowest BCUT2D eigenvalue weighted by Gasteiger charge is -2.12. The fourth-order valence-corrected chi connectivity index (χ4v) is 3.30. The van der Waals surface area contributed by atoms with Crippen molar-refractivity contribution in [2.24, 2.45) is 0 Å². The second-order valence-corrected chi connectivity index (χ2v) is 6.80. The lowest BCUT2D eigenvalue weighted by Crippen LogP contribution is -2.30. The number of amides is 1. The summed E-state index contributed by atoms with van der Waals surface area (Å²) in [5.74, 6) is -2.37. The number of pyridine rings is 1. The number of rotatable bonds is 5. The van der Waals surface area contributed by atoms with Crippen molar-refractivity contribution in [1.82, 2.24) is 9.38 Å². The Morgan fingerprint density at radius 1 is 0.938 bits per heavy atom.